The van der Waals surface area contributed by atoms with Crippen LogP contribution in [0, 0.1) is 0 Å². The first-order valence-electron chi connectivity index (χ1n) is 8.50. The third kappa shape index (κ3) is 3.99. The molecule has 10 heteroatoms. The average Bonchev–Trinajstić information content (AvgIpc) is 2.58. The summed E-state index contributed by atoms with van der Waals surface area (Å²) in [5, 5.41) is 31.7. The van der Waals surface area contributed by atoms with Crippen molar-refractivity contribution in [2.75, 3.05) is 19.6 Å². The van der Waals surface area contributed by atoms with Crippen LogP contribution in [0.1, 0.15) is 22.3 Å². The van der Waals surface area contributed by atoms with Gasteiger partial charge in [-0.3, -0.25) is 9.69 Å². The summed E-state index contributed by atoms with van der Waals surface area (Å²) in [7, 11) is -1.34. The topological polar surface area (TPSA) is 145 Å². The lowest BCUT2D eigenvalue weighted by molar-refractivity contribution is -0.123. The van der Waals surface area contributed by atoms with Crippen LogP contribution in [0.25, 0.3) is 0 Å². The number of carboxylic acids is 1. The highest BCUT2D eigenvalue weighted by molar-refractivity contribution is 6.47. The van der Waals surface area contributed by atoms with E-state index in [0.29, 0.717) is 25.1 Å². The third-order valence-corrected chi connectivity index (χ3v) is 4.77. The number of likely N-dealkylation sites (tertiary alicyclic amines) is 1. The number of carbonyl (C=O) groups is 2. The molecule has 140 valence electrons. The number of amides is 1. The van der Waals surface area contributed by atoms with Crippen molar-refractivity contribution < 1.29 is 29.5 Å². The van der Waals surface area contributed by atoms with Crippen molar-refractivity contribution in [1.82, 2.24) is 10.2 Å². The summed E-state index contributed by atoms with van der Waals surface area (Å²) in [4.78, 5) is 25.4. The van der Waals surface area contributed by atoms with Crippen LogP contribution in [0.5, 0.6) is 5.75 Å². The van der Waals surface area contributed by atoms with E-state index in [9.17, 15) is 24.8 Å². The Bertz CT molecular complexity index is 703. The normalized spacial score (nSPS) is 26.0. The largest absolute Gasteiger partial charge is 0.547 e. The quantitative estimate of drug-likeness (QED) is 0.395. The molecule has 3 atom stereocenters. The van der Waals surface area contributed by atoms with Crippen LogP contribution >= 0.6 is 0 Å². The van der Waals surface area contributed by atoms with Crippen LogP contribution in [0.4, 0.5) is 0 Å². The molecule has 2 aliphatic heterocycles. The highest BCUT2D eigenvalue weighted by Gasteiger charge is 2.38. The summed E-state index contributed by atoms with van der Waals surface area (Å²) in [6, 6.07) is 4.32. The first-order valence-corrected chi connectivity index (χ1v) is 8.50. The number of fused-ring (bicyclic) bond motifs is 1. The number of carboxylic acid groups (broad SMARTS) is 1. The number of hydrogen-bond donors (Lipinski definition) is 5. The number of piperidine rings is 1. The van der Waals surface area contributed by atoms with E-state index in [0.717, 1.165) is 0 Å². The van der Waals surface area contributed by atoms with Gasteiger partial charge in [0, 0.05) is 19.1 Å². The van der Waals surface area contributed by atoms with Crippen molar-refractivity contribution in [2.24, 2.45) is 5.73 Å². The summed E-state index contributed by atoms with van der Waals surface area (Å²) >= 11 is 0. The molecule has 1 saturated heterocycles. The second kappa shape index (κ2) is 7.62. The van der Waals surface area contributed by atoms with Gasteiger partial charge in [-0.15, -0.1) is 0 Å². The number of benzene rings is 1. The van der Waals surface area contributed by atoms with E-state index in [-0.39, 0.29) is 36.2 Å². The van der Waals surface area contributed by atoms with E-state index >= 15 is 0 Å². The molecule has 1 amide bonds. The number of aliphatic hydroxyl groups excluding tert-OH is 1. The molecule has 1 aromatic rings. The van der Waals surface area contributed by atoms with Gasteiger partial charge >= 0.3 is 13.1 Å². The molecule has 0 bridgehead atoms. The molecule has 2 heterocycles. The van der Waals surface area contributed by atoms with Crippen LogP contribution in [0.15, 0.2) is 18.2 Å². The van der Waals surface area contributed by atoms with Crippen molar-refractivity contribution in [3.05, 3.63) is 29.3 Å². The summed E-state index contributed by atoms with van der Waals surface area (Å²) in [5.74, 6) is -1.98. The van der Waals surface area contributed by atoms with Crippen LogP contribution in [0.2, 0.25) is 0 Å². The molecular weight excluding hydrogens is 341 g/mol. The highest BCUT2D eigenvalue weighted by atomic mass is 16.5. The molecule has 0 aromatic heterocycles. The standard InChI is InChI=1S/C16H22BN3O6/c18-11-7-20(5-4-12(11)21)8-14(22)19-13-6-9-2-1-3-10(16(23)24)15(9)26-17(13)25/h1-3,11-13,21,25H,4-8,18H2,(H,19,22)(H,23,24). The number of nitrogens with zero attached hydrogens (tertiary/aromatic N) is 1. The second-order valence-corrected chi connectivity index (χ2v) is 6.74. The maximum Gasteiger partial charge on any atom is 0.547 e. The van der Waals surface area contributed by atoms with Crippen molar-refractivity contribution in [3.8, 4) is 5.75 Å². The molecule has 0 aliphatic carbocycles. The molecule has 0 radical (unpaired) electrons. The van der Waals surface area contributed by atoms with E-state index in [1.54, 1.807) is 12.1 Å². The molecule has 0 saturated carbocycles. The van der Waals surface area contributed by atoms with E-state index in [4.69, 9.17) is 10.4 Å². The minimum Gasteiger partial charge on any atom is -0.534 e. The smallest absolute Gasteiger partial charge is 0.534 e. The fraction of sp³-hybridized carbons (Fsp3) is 0.500. The molecule has 9 nitrogen and oxygen atoms in total. The number of carbonyl (C=O) groups excluding carboxylic acids is 1. The molecule has 26 heavy (non-hydrogen) atoms. The Balaban J connectivity index is 1.61. The Labute approximate surface area is 150 Å². The van der Waals surface area contributed by atoms with Crippen LogP contribution < -0.4 is 15.7 Å². The van der Waals surface area contributed by atoms with Gasteiger partial charge in [-0.25, -0.2) is 4.79 Å². The van der Waals surface area contributed by atoms with Crippen LogP contribution in [-0.4, -0.2) is 76.9 Å². The molecule has 3 rings (SSSR count). The lowest BCUT2D eigenvalue weighted by atomic mass is 9.72. The van der Waals surface area contributed by atoms with E-state index < -0.39 is 25.1 Å². The predicted octanol–water partition coefficient (Wildman–Crippen LogP) is -1.78. The monoisotopic (exact) mass is 363 g/mol. The predicted molar refractivity (Wildman–Crippen MR) is 92.7 cm³/mol. The van der Waals surface area contributed by atoms with Crippen LogP contribution in [0.3, 0.4) is 0 Å². The molecule has 3 unspecified atom stereocenters. The third-order valence-electron chi connectivity index (χ3n) is 4.77. The zero-order valence-electron chi connectivity index (χ0n) is 14.2. The van der Waals surface area contributed by atoms with Gasteiger partial charge in [0.1, 0.15) is 5.75 Å². The maximum absolute atomic E-state index is 12.3. The molecule has 0 spiro atoms. The lowest BCUT2D eigenvalue weighted by Crippen LogP contribution is -2.57. The average molecular weight is 363 g/mol. The fourth-order valence-electron chi connectivity index (χ4n) is 3.36. The number of aliphatic hydroxyl groups is 1. The van der Waals surface area contributed by atoms with Crippen molar-refractivity contribution in [2.45, 2.75) is 30.9 Å². The maximum atomic E-state index is 12.3. The number of nitrogens with two attached hydrogens (primary N) is 1. The van der Waals surface area contributed by atoms with Gasteiger partial charge in [-0.1, -0.05) is 12.1 Å². The summed E-state index contributed by atoms with van der Waals surface area (Å²) in [5.41, 5.74) is 6.40. The van der Waals surface area contributed by atoms with Gasteiger partial charge in [-0.2, -0.15) is 0 Å². The molecule has 1 fully saturated rings. The van der Waals surface area contributed by atoms with Gasteiger partial charge < -0.3 is 30.9 Å². The Kier molecular flexibility index (Phi) is 5.47. The van der Waals surface area contributed by atoms with Gasteiger partial charge in [0.15, 0.2) is 0 Å². The highest BCUT2D eigenvalue weighted by Crippen LogP contribution is 2.30. The summed E-state index contributed by atoms with van der Waals surface area (Å²) < 4.78 is 5.35. The first kappa shape index (κ1) is 18.6. The molecule has 2 aliphatic rings. The first-order chi connectivity index (χ1) is 12.3. The minimum atomic E-state index is -1.34. The summed E-state index contributed by atoms with van der Waals surface area (Å²) in [6.07, 6.45) is 0.221. The van der Waals surface area contributed by atoms with Gasteiger partial charge in [0.25, 0.3) is 0 Å². The Morgan fingerprint density at radius 2 is 2.19 bits per heavy atom. The number of aromatic carboxylic acids is 1. The SMILES string of the molecule is NC1CN(CC(=O)NC2Cc3cccc(C(=O)O)c3OB2O)CCC1O. The fourth-order valence-corrected chi connectivity index (χ4v) is 3.36. The minimum absolute atomic E-state index is 0.0211. The lowest BCUT2D eigenvalue weighted by Gasteiger charge is -2.34. The van der Waals surface area contributed by atoms with Crippen molar-refractivity contribution in [1.29, 1.82) is 0 Å². The van der Waals surface area contributed by atoms with Crippen molar-refractivity contribution >= 4 is 19.0 Å². The Morgan fingerprint density at radius 3 is 2.88 bits per heavy atom. The van der Waals surface area contributed by atoms with E-state index in [2.05, 4.69) is 5.32 Å². The van der Waals surface area contributed by atoms with Crippen molar-refractivity contribution in [3.63, 3.8) is 0 Å². The van der Waals surface area contributed by atoms with Gasteiger partial charge in [0.2, 0.25) is 5.91 Å². The number of rotatable bonds is 4. The van der Waals surface area contributed by atoms with E-state index in [1.807, 2.05) is 4.90 Å². The van der Waals surface area contributed by atoms with Gasteiger partial charge in [-0.05, 0) is 24.5 Å². The van der Waals surface area contributed by atoms with E-state index in [1.165, 1.54) is 6.07 Å². The number of nitrogens with one attached hydrogen (secondary N) is 1. The zero-order chi connectivity index (χ0) is 18.8. The Hall–Kier alpha value is -2.14. The van der Waals surface area contributed by atoms with Gasteiger partial charge in [0.05, 0.1) is 24.2 Å². The zero-order valence-corrected chi connectivity index (χ0v) is 14.2. The Morgan fingerprint density at radius 1 is 1.42 bits per heavy atom. The number of para-hydroxylation sites is 1. The molecule has 1 aromatic carbocycles. The summed E-state index contributed by atoms with van der Waals surface area (Å²) in [6.45, 7) is 1.09. The molecular formula is C16H22BN3O6. The number of hydrogen-bond acceptors (Lipinski definition) is 7. The molecule has 6 N–H and O–H groups in total. The van der Waals surface area contributed by atoms with Crippen LogP contribution in [-0.2, 0) is 11.2 Å². The second-order valence-electron chi connectivity index (χ2n) is 6.74.